The summed E-state index contributed by atoms with van der Waals surface area (Å²) in [5.74, 6) is 0.152. The molecule has 1 aliphatic heterocycles. The van der Waals surface area contributed by atoms with Gasteiger partial charge in [-0.2, -0.15) is 0 Å². The second-order valence-electron chi connectivity index (χ2n) is 5.72. The molecule has 1 aliphatic rings. The average molecular weight is 270 g/mol. The smallest absolute Gasteiger partial charge is 0.326 e. The Hall–Kier alpha value is -1.26. The minimum atomic E-state index is -0.943. The molecule has 1 saturated heterocycles. The summed E-state index contributed by atoms with van der Waals surface area (Å²) in [5.41, 5.74) is 0. The Morgan fingerprint density at radius 1 is 1.42 bits per heavy atom. The minimum Gasteiger partial charge on any atom is -0.480 e. The summed E-state index contributed by atoms with van der Waals surface area (Å²) in [6, 6.07) is -0.989. The summed E-state index contributed by atoms with van der Waals surface area (Å²) in [6.07, 6.45) is 3.25. The van der Waals surface area contributed by atoms with Crippen molar-refractivity contribution in [2.75, 3.05) is 13.1 Å². The van der Waals surface area contributed by atoms with Gasteiger partial charge in [-0.15, -0.1) is 0 Å². The molecule has 110 valence electrons. The van der Waals surface area contributed by atoms with Crippen molar-refractivity contribution in [2.24, 2.45) is 11.8 Å². The first-order chi connectivity index (χ1) is 8.95. The zero-order valence-corrected chi connectivity index (χ0v) is 12.2. The minimum absolute atomic E-state index is 0.230. The first-order valence-electron chi connectivity index (χ1n) is 7.24. The van der Waals surface area contributed by atoms with Gasteiger partial charge in [-0.05, 0) is 24.7 Å². The molecule has 0 aromatic rings. The van der Waals surface area contributed by atoms with Gasteiger partial charge in [0, 0.05) is 13.1 Å². The van der Waals surface area contributed by atoms with Crippen molar-refractivity contribution in [1.82, 2.24) is 10.2 Å². The predicted octanol–water partition coefficient (Wildman–Crippen LogP) is 2.32. The number of aliphatic carboxylic acids is 1. The SMILES string of the molecule is CCCCC(NC(=O)N1CCC(C(C)C)C1)C(=O)O. The summed E-state index contributed by atoms with van der Waals surface area (Å²) >= 11 is 0. The molecule has 0 aromatic heterocycles. The number of carboxylic acid groups (broad SMARTS) is 1. The summed E-state index contributed by atoms with van der Waals surface area (Å²) in [5, 5.41) is 11.7. The number of nitrogens with one attached hydrogen (secondary N) is 1. The molecule has 2 N–H and O–H groups in total. The molecule has 2 amide bonds. The number of carboxylic acids is 1. The van der Waals surface area contributed by atoms with E-state index in [1.165, 1.54) is 0 Å². The van der Waals surface area contributed by atoms with E-state index >= 15 is 0 Å². The highest BCUT2D eigenvalue weighted by Gasteiger charge is 2.30. The third-order valence-corrected chi connectivity index (χ3v) is 3.90. The number of urea groups is 1. The molecule has 0 saturated carbocycles. The van der Waals surface area contributed by atoms with Crippen molar-refractivity contribution >= 4 is 12.0 Å². The van der Waals surface area contributed by atoms with Crippen LogP contribution in [-0.2, 0) is 4.79 Å². The normalized spacial score (nSPS) is 20.6. The van der Waals surface area contributed by atoms with Crippen LogP contribution in [0.2, 0.25) is 0 Å². The van der Waals surface area contributed by atoms with Gasteiger partial charge in [0.15, 0.2) is 0 Å². The highest BCUT2D eigenvalue weighted by atomic mass is 16.4. The van der Waals surface area contributed by atoms with Gasteiger partial charge in [0.2, 0.25) is 0 Å². The number of nitrogens with zero attached hydrogens (tertiary/aromatic N) is 1. The van der Waals surface area contributed by atoms with Crippen LogP contribution in [0, 0.1) is 11.8 Å². The average Bonchev–Trinajstić information content (AvgIpc) is 2.83. The van der Waals surface area contributed by atoms with Crippen molar-refractivity contribution < 1.29 is 14.7 Å². The van der Waals surface area contributed by atoms with Gasteiger partial charge in [0.05, 0.1) is 0 Å². The maximum Gasteiger partial charge on any atom is 0.326 e. The Bertz CT molecular complexity index is 318. The number of hydrogen-bond acceptors (Lipinski definition) is 2. The highest BCUT2D eigenvalue weighted by molar-refractivity contribution is 5.82. The fraction of sp³-hybridized carbons (Fsp3) is 0.857. The molecular weight excluding hydrogens is 244 g/mol. The Morgan fingerprint density at radius 2 is 2.11 bits per heavy atom. The van der Waals surface area contributed by atoms with Crippen molar-refractivity contribution in [1.29, 1.82) is 0 Å². The van der Waals surface area contributed by atoms with Crippen LogP contribution in [0.1, 0.15) is 46.5 Å². The predicted molar refractivity (Wildman–Crippen MR) is 74.0 cm³/mol. The van der Waals surface area contributed by atoms with E-state index in [1.54, 1.807) is 4.90 Å². The van der Waals surface area contributed by atoms with E-state index in [-0.39, 0.29) is 6.03 Å². The van der Waals surface area contributed by atoms with Crippen LogP contribution in [0.4, 0.5) is 4.79 Å². The molecule has 1 rings (SSSR count). The Labute approximate surface area is 115 Å². The molecule has 2 atom stereocenters. The van der Waals surface area contributed by atoms with Crippen LogP contribution in [0.25, 0.3) is 0 Å². The van der Waals surface area contributed by atoms with E-state index in [4.69, 9.17) is 5.11 Å². The number of hydrogen-bond donors (Lipinski definition) is 2. The molecule has 1 heterocycles. The fourth-order valence-corrected chi connectivity index (χ4v) is 2.42. The fourth-order valence-electron chi connectivity index (χ4n) is 2.42. The lowest BCUT2D eigenvalue weighted by Gasteiger charge is -2.21. The first-order valence-corrected chi connectivity index (χ1v) is 7.24. The van der Waals surface area contributed by atoms with E-state index < -0.39 is 12.0 Å². The molecule has 0 radical (unpaired) electrons. The van der Waals surface area contributed by atoms with Gasteiger partial charge in [-0.1, -0.05) is 33.6 Å². The molecular formula is C14H26N2O3. The Balaban J connectivity index is 2.46. The second-order valence-corrected chi connectivity index (χ2v) is 5.72. The van der Waals surface area contributed by atoms with Gasteiger partial charge in [0.1, 0.15) is 6.04 Å². The largest absolute Gasteiger partial charge is 0.480 e. The van der Waals surface area contributed by atoms with E-state index in [2.05, 4.69) is 19.2 Å². The monoisotopic (exact) mass is 270 g/mol. The lowest BCUT2D eigenvalue weighted by molar-refractivity contribution is -0.139. The van der Waals surface area contributed by atoms with Gasteiger partial charge >= 0.3 is 12.0 Å². The van der Waals surface area contributed by atoms with Crippen molar-refractivity contribution in [3.05, 3.63) is 0 Å². The number of unbranched alkanes of at least 4 members (excludes halogenated alkanes) is 1. The van der Waals surface area contributed by atoms with Crippen LogP contribution >= 0.6 is 0 Å². The molecule has 1 fully saturated rings. The molecule has 0 spiro atoms. The van der Waals surface area contributed by atoms with Crippen molar-refractivity contribution in [2.45, 2.75) is 52.5 Å². The van der Waals surface area contributed by atoms with Gasteiger partial charge in [-0.25, -0.2) is 9.59 Å². The summed E-state index contributed by atoms with van der Waals surface area (Å²) in [4.78, 5) is 24.9. The molecule has 2 unspecified atom stereocenters. The van der Waals surface area contributed by atoms with E-state index in [1.807, 2.05) is 6.92 Å². The second kappa shape index (κ2) is 7.36. The summed E-state index contributed by atoms with van der Waals surface area (Å²) < 4.78 is 0. The van der Waals surface area contributed by atoms with Crippen LogP contribution < -0.4 is 5.32 Å². The number of carbonyl (C=O) groups is 2. The summed E-state index contributed by atoms with van der Waals surface area (Å²) in [6.45, 7) is 7.80. The van der Waals surface area contributed by atoms with E-state index in [0.29, 0.717) is 18.3 Å². The molecule has 5 nitrogen and oxygen atoms in total. The standard InChI is InChI=1S/C14H26N2O3/c1-4-5-6-12(13(17)18)15-14(19)16-8-7-11(9-16)10(2)3/h10-12H,4-9H2,1-3H3,(H,15,19)(H,17,18). The first kappa shape index (κ1) is 15.8. The van der Waals surface area contributed by atoms with E-state index in [0.717, 1.165) is 32.4 Å². The molecule has 5 heteroatoms. The Kier molecular flexibility index (Phi) is 6.12. The number of likely N-dealkylation sites (tertiary alicyclic amines) is 1. The number of rotatable bonds is 6. The van der Waals surface area contributed by atoms with Crippen molar-refractivity contribution in [3.63, 3.8) is 0 Å². The lowest BCUT2D eigenvalue weighted by Crippen LogP contribution is -2.47. The maximum atomic E-state index is 12.0. The molecule has 0 bridgehead atoms. The zero-order valence-electron chi connectivity index (χ0n) is 12.2. The molecule has 0 aliphatic carbocycles. The molecule has 0 aromatic carbocycles. The number of carbonyl (C=O) groups excluding carboxylic acids is 1. The lowest BCUT2D eigenvalue weighted by atomic mass is 9.95. The van der Waals surface area contributed by atoms with Gasteiger partial charge in [-0.3, -0.25) is 0 Å². The van der Waals surface area contributed by atoms with Gasteiger partial charge in [0.25, 0.3) is 0 Å². The highest BCUT2D eigenvalue weighted by Crippen LogP contribution is 2.23. The Morgan fingerprint density at radius 3 is 2.58 bits per heavy atom. The van der Waals surface area contributed by atoms with Crippen LogP contribution in [0.5, 0.6) is 0 Å². The summed E-state index contributed by atoms with van der Waals surface area (Å²) in [7, 11) is 0. The van der Waals surface area contributed by atoms with Crippen LogP contribution in [0.15, 0.2) is 0 Å². The third kappa shape index (κ3) is 4.73. The van der Waals surface area contributed by atoms with Crippen molar-refractivity contribution in [3.8, 4) is 0 Å². The number of amides is 2. The third-order valence-electron chi connectivity index (χ3n) is 3.90. The van der Waals surface area contributed by atoms with E-state index in [9.17, 15) is 9.59 Å². The maximum absolute atomic E-state index is 12.0. The van der Waals surface area contributed by atoms with Crippen LogP contribution in [-0.4, -0.2) is 41.1 Å². The topological polar surface area (TPSA) is 69.6 Å². The molecule has 19 heavy (non-hydrogen) atoms. The van der Waals surface area contributed by atoms with Crippen LogP contribution in [0.3, 0.4) is 0 Å². The van der Waals surface area contributed by atoms with Gasteiger partial charge < -0.3 is 15.3 Å². The quantitative estimate of drug-likeness (QED) is 0.778. The zero-order chi connectivity index (χ0) is 14.4.